The number of aliphatic hydroxyl groups excluding tert-OH is 1. The average molecular weight is 187 g/mol. The number of nitrogens with zero attached hydrogens (tertiary/aromatic N) is 1. The molecule has 0 aliphatic carbocycles. The number of β-amino-alcohol motifs (C(OH)–C–C–N with tert-alkyl or cyclic N) is 1. The molecular weight excluding hydrogens is 166 g/mol. The number of hydrogen-bond donors (Lipinski definition) is 2. The van der Waals surface area contributed by atoms with Gasteiger partial charge in [-0.2, -0.15) is 0 Å². The Labute approximate surface area is 80.4 Å². The predicted molar refractivity (Wildman–Crippen MR) is 52.5 cm³/mol. The Bertz CT molecular complexity index is 159. The molecule has 2 unspecified atom stereocenters. The van der Waals surface area contributed by atoms with Crippen LogP contribution in [0, 0.1) is 5.92 Å². The van der Waals surface area contributed by atoms with Gasteiger partial charge in [0, 0.05) is 19.7 Å². The summed E-state index contributed by atoms with van der Waals surface area (Å²) in [5.41, 5.74) is -0.565. The van der Waals surface area contributed by atoms with Crippen molar-refractivity contribution >= 4 is 0 Å². The Morgan fingerprint density at radius 3 is 2.69 bits per heavy atom. The van der Waals surface area contributed by atoms with Gasteiger partial charge in [-0.05, 0) is 32.2 Å². The molecule has 1 fully saturated rings. The lowest BCUT2D eigenvalue weighted by Gasteiger charge is -2.27. The summed E-state index contributed by atoms with van der Waals surface area (Å²) in [5, 5.41) is 18.8. The van der Waals surface area contributed by atoms with E-state index in [4.69, 9.17) is 5.11 Å². The van der Waals surface area contributed by atoms with Crippen molar-refractivity contribution in [3.8, 4) is 0 Å². The highest BCUT2D eigenvalue weighted by Gasteiger charge is 2.27. The van der Waals surface area contributed by atoms with Crippen molar-refractivity contribution < 1.29 is 10.2 Å². The van der Waals surface area contributed by atoms with Crippen LogP contribution < -0.4 is 0 Å². The van der Waals surface area contributed by atoms with Crippen molar-refractivity contribution in [2.45, 2.75) is 32.3 Å². The summed E-state index contributed by atoms with van der Waals surface area (Å²) >= 11 is 0. The first-order chi connectivity index (χ1) is 6.07. The third-order valence-electron chi connectivity index (χ3n) is 2.95. The standard InChI is InChI=1S/C10H21NO2/c1-3-10(2,13)8-11-5-4-9(6-11)7-12/h9,12-13H,3-8H2,1-2H3. The molecule has 1 aliphatic rings. The highest BCUT2D eigenvalue weighted by atomic mass is 16.3. The molecule has 2 atom stereocenters. The molecule has 0 spiro atoms. The van der Waals surface area contributed by atoms with Gasteiger partial charge in [-0.15, -0.1) is 0 Å². The molecule has 0 aromatic heterocycles. The fraction of sp³-hybridized carbons (Fsp3) is 1.00. The monoisotopic (exact) mass is 187 g/mol. The lowest BCUT2D eigenvalue weighted by Crippen LogP contribution is -2.39. The van der Waals surface area contributed by atoms with Crippen LogP contribution in [0.15, 0.2) is 0 Å². The summed E-state index contributed by atoms with van der Waals surface area (Å²) in [6.07, 6.45) is 1.85. The smallest absolute Gasteiger partial charge is 0.0743 e. The van der Waals surface area contributed by atoms with Crippen LogP contribution in [-0.2, 0) is 0 Å². The largest absolute Gasteiger partial charge is 0.396 e. The van der Waals surface area contributed by atoms with Gasteiger partial charge in [-0.25, -0.2) is 0 Å². The second-order valence-electron chi connectivity index (χ2n) is 4.42. The Kier molecular flexibility index (Phi) is 3.71. The highest BCUT2D eigenvalue weighted by Crippen LogP contribution is 2.19. The van der Waals surface area contributed by atoms with Crippen molar-refractivity contribution in [3.05, 3.63) is 0 Å². The van der Waals surface area contributed by atoms with Crippen LogP contribution in [0.5, 0.6) is 0 Å². The normalized spacial score (nSPS) is 29.1. The Morgan fingerprint density at radius 2 is 2.23 bits per heavy atom. The van der Waals surface area contributed by atoms with E-state index in [0.29, 0.717) is 5.92 Å². The quantitative estimate of drug-likeness (QED) is 0.672. The van der Waals surface area contributed by atoms with Gasteiger partial charge in [-0.1, -0.05) is 6.92 Å². The molecule has 2 N–H and O–H groups in total. The molecule has 0 radical (unpaired) electrons. The van der Waals surface area contributed by atoms with Gasteiger partial charge in [-0.3, -0.25) is 0 Å². The number of rotatable bonds is 4. The average Bonchev–Trinajstić information content (AvgIpc) is 2.52. The molecule has 3 nitrogen and oxygen atoms in total. The van der Waals surface area contributed by atoms with Crippen LogP contribution in [0.3, 0.4) is 0 Å². The molecule has 3 heteroatoms. The maximum absolute atomic E-state index is 9.84. The molecule has 0 aromatic rings. The first kappa shape index (κ1) is 11.0. The summed E-state index contributed by atoms with van der Waals surface area (Å²) in [6.45, 7) is 6.84. The molecule has 0 saturated carbocycles. The molecule has 1 saturated heterocycles. The molecule has 0 bridgehead atoms. The zero-order chi connectivity index (χ0) is 9.90. The van der Waals surface area contributed by atoms with Crippen LogP contribution >= 0.6 is 0 Å². The van der Waals surface area contributed by atoms with E-state index in [9.17, 15) is 5.11 Å². The van der Waals surface area contributed by atoms with E-state index in [1.807, 2.05) is 13.8 Å². The van der Waals surface area contributed by atoms with E-state index in [-0.39, 0.29) is 6.61 Å². The van der Waals surface area contributed by atoms with E-state index >= 15 is 0 Å². The van der Waals surface area contributed by atoms with Crippen molar-refractivity contribution in [1.29, 1.82) is 0 Å². The summed E-state index contributed by atoms with van der Waals surface area (Å²) in [4.78, 5) is 2.24. The highest BCUT2D eigenvalue weighted by molar-refractivity contribution is 4.81. The van der Waals surface area contributed by atoms with Crippen LogP contribution in [0.4, 0.5) is 0 Å². The minimum absolute atomic E-state index is 0.283. The predicted octanol–water partition coefficient (Wildman–Crippen LogP) is 0.462. The van der Waals surface area contributed by atoms with Gasteiger partial charge in [0.05, 0.1) is 5.60 Å². The number of likely N-dealkylation sites (tertiary alicyclic amines) is 1. The van der Waals surface area contributed by atoms with Gasteiger partial charge < -0.3 is 15.1 Å². The Hall–Kier alpha value is -0.120. The van der Waals surface area contributed by atoms with Crippen LogP contribution in [-0.4, -0.2) is 47.0 Å². The van der Waals surface area contributed by atoms with Crippen molar-refractivity contribution in [2.24, 2.45) is 5.92 Å². The van der Waals surface area contributed by atoms with E-state index in [1.165, 1.54) is 0 Å². The zero-order valence-corrected chi connectivity index (χ0v) is 8.66. The van der Waals surface area contributed by atoms with Crippen molar-refractivity contribution in [1.82, 2.24) is 4.90 Å². The molecule has 1 heterocycles. The lowest BCUT2D eigenvalue weighted by molar-refractivity contribution is 0.0214. The number of hydrogen-bond acceptors (Lipinski definition) is 3. The lowest BCUT2D eigenvalue weighted by atomic mass is 10.0. The second kappa shape index (κ2) is 4.40. The van der Waals surface area contributed by atoms with Gasteiger partial charge >= 0.3 is 0 Å². The molecular formula is C10H21NO2. The summed E-state index contributed by atoms with van der Waals surface area (Å²) in [6, 6.07) is 0. The van der Waals surface area contributed by atoms with Gasteiger partial charge in [0.25, 0.3) is 0 Å². The summed E-state index contributed by atoms with van der Waals surface area (Å²) in [5.74, 6) is 0.424. The summed E-state index contributed by atoms with van der Waals surface area (Å²) < 4.78 is 0. The maximum Gasteiger partial charge on any atom is 0.0743 e. The van der Waals surface area contributed by atoms with Gasteiger partial charge in [0.1, 0.15) is 0 Å². The molecule has 0 aromatic carbocycles. The minimum atomic E-state index is -0.565. The fourth-order valence-corrected chi connectivity index (χ4v) is 1.80. The Morgan fingerprint density at radius 1 is 1.54 bits per heavy atom. The minimum Gasteiger partial charge on any atom is -0.396 e. The second-order valence-corrected chi connectivity index (χ2v) is 4.42. The van der Waals surface area contributed by atoms with Gasteiger partial charge in [0.15, 0.2) is 0 Å². The Balaban J connectivity index is 2.31. The maximum atomic E-state index is 9.84. The molecule has 78 valence electrons. The van der Waals surface area contributed by atoms with Crippen molar-refractivity contribution in [2.75, 3.05) is 26.2 Å². The SMILES string of the molecule is CCC(C)(O)CN1CCC(CO)C1. The topological polar surface area (TPSA) is 43.7 Å². The molecule has 1 aliphatic heterocycles. The third kappa shape index (κ3) is 3.25. The van der Waals surface area contributed by atoms with Crippen LogP contribution in [0.2, 0.25) is 0 Å². The van der Waals surface area contributed by atoms with Crippen LogP contribution in [0.1, 0.15) is 26.7 Å². The first-order valence-electron chi connectivity index (χ1n) is 5.13. The molecule has 13 heavy (non-hydrogen) atoms. The van der Waals surface area contributed by atoms with E-state index < -0.39 is 5.60 Å². The third-order valence-corrected chi connectivity index (χ3v) is 2.95. The molecule has 1 rings (SSSR count). The summed E-state index contributed by atoms with van der Waals surface area (Å²) in [7, 11) is 0. The van der Waals surface area contributed by atoms with Crippen molar-refractivity contribution in [3.63, 3.8) is 0 Å². The first-order valence-corrected chi connectivity index (χ1v) is 5.13. The fourth-order valence-electron chi connectivity index (χ4n) is 1.80. The van der Waals surface area contributed by atoms with E-state index in [0.717, 1.165) is 32.5 Å². The van der Waals surface area contributed by atoms with Gasteiger partial charge in [0.2, 0.25) is 0 Å². The van der Waals surface area contributed by atoms with E-state index in [1.54, 1.807) is 0 Å². The van der Waals surface area contributed by atoms with Crippen LogP contribution in [0.25, 0.3) is 0 Å². The zero-order valence-electron chi connectivity index (χ0n) is 8.66. The molecule has 0 amide bonds. The number of aliphatic hydroxyl groups is 2. The van der Waals surface area contributed by atoms with E-state index in [2.05, 4.69) is 4.90 Å².